The molecule has 0 unspecified atom stereocenters. The van der Waals surface area contributed by atoms with Crippen LogP contribution in [0.1, 0.15) is 25.5 Å². The summed E-state index contributed by atoms with van der Waals surface area (Å²) < 4.78 is 5.45. The largest absolute Gasteiger partial charge is 0.464 e. The fourth-order valence-electron chi connectivity index (χ4n) is 3.05. The maximum absolute atomic E-state index is 5.45. The average Bonchev–Trinajstić information content (AvgIpc) is 3.33. The highest BCUT2D eigenvalue weighted by Crippen LogP contribution is 2.27. The number of rotatable bonds is 7. The molecule has 0 spiro atoms. The number of hydrogen-bond donors (Lipinski definition) is 2. The predicted molar refractivity (Wildman–Crippen MR) is 112 cm³/mol. The number of hydrogen-bond acceptors (Lipinski definition) is 6. The van der Waals surface area contributed by atoms with Gasteiger partial charge in [-0.15, -0.1) is 0 Å². The van der Waals surface area contributed by atoms with Gasteiger partial charge in [0.1, 0.15) is 17.2 Å². The molecule has 3 heterocycles. The van der Waals surface area contributed by atoms with Crippen LogP contribution in [-0.2, 0) is 0 Å². The predicted octanol–water partition coefficient (Wildman–Crippen LogP) is 4.90. The van der Waals surface area contributed by atoms with Crippen LogP contribution in [0.3, 0.4) is 0 Å². The first-order chi connectivity index (χ1) is 13.6. The van der Waals surface area contributed by atoms with Gasteiger partial charge in [0, 0.05) is 42.4 Å². The van der Waals surface area contributed by atoms with Crippen molar-refractivity contribution >= 4 is 28.4 Å². The summed E-state index contributed by atoms with van der Waals surface area (Å²) in [6.45, 7) is 5.09. The van der Waals surface area contributed by atoms with Crippen molar-refractivity contribution in [3.63, 3.8) is 0 Å². The second-order valence-corrected chi connectivity index (χ2v) is 6.94. The lowest BCUT2D eigenvalue weighted by molar-refractivity contribution is 0.616. The Morgan fingerprint density at radius 1 is 1.11 bits per heavy atom. The SMILES string of the molecule is CCCCN(C)c1cc(Nc2cc(C)[nH]n2)nc(-c2ccc3occc3c2)n1. The molecule has 4 rings (SSSR count). The number of aryl methyl sites for hydroxylation is 1. The lowest BCUT2D eigenvalue weighted by Gasteiger charge is -2.19. The second-order valence-electron chi connectivity index (χ2n) is 6.94. The summed E-state index contributed by atoms with van der Waals surface area (Å²) in [5, 5.41) is 11.5. The number of unbranched alkanes of at least 4 members (excludes halogenated alkanes) is 1. The molecule has 7 nitrogen and oxygen atoms in total. The number of fused-ring (bicyclic) bond motifs is 1. The zero-order chi connectivity index (χ0) is 19.5. The van der Waals surface area contributed by atoms with Gasteiger partial charge in [0.2, 0.25) is 0 Å². The van der Waals surface area contributed by atoms with Crippen LogP contribution in [0, 0.1) is 6.92 Å². The van der Waals surface area contributed by atoms with E-state index in [-0.39, 0.29) is 0 Å². The molecule has 144 valence electrons. The van der Waals surface area contributed by atoms with Gasteiger partial charge in [-0.1, -0.05) is 13.3 Å². The molecular weight excluding hydrogens is 352 g/mol. The molecule has 0 amide bonds. The van der Waals surface area contributed by atoms with Crippen molar-refractivity contribution in [1.82, 2.24) is 20.2 Å². The van der Waals surface area contributed by atoms with Crippen LogP contribution < -0.4 is 10.2 Å². The summed E-state index contributed by atoms with van der Waals surface area (Å²) >= 11 is 0. The van der Waals surface area contributed by atoms with Gasteiger partial charge in [-0.3, -0.25) is 5.10 Å². The molecule has 0 bridgehead atoms. The third kappa shape index (κ3) is 3.83. The van der Waals surface area contributed by atoms with Crippen LogP contribution in [0.5, 0.6) is 0 Å². The fraction of sp³-hybridized carbons (Fsp3) is 0.286. The minimum atomic E-state index is 0.665. The first-order valence-corrected chi connectivity index (χ1v) is 9.49. The molecule has 0 aliphatic heterocycles. The molecule has 0 aliphatic carbocycles. The molecule has 0 fully saturated rings. The van der Waals surface area contributed by atoms with E-state index in [1.54, 1.807) is 6.26 Å². The standard InChI is InChI=1S/C21H24N6O/c1-4-5-9-27(3)20-13-18(22-19-11-14(2)25-26-19)23-21(24-20)16-6-7-17-15(12-16)8-10-28-17/h6-8,10-13H,4-5,9H2,1-3H3,(H2,22,23,24,25,26). The van der Waals surface area contributed by atoms with Crippen molar-refractivity contribution < 1.29 is 4.42 Å². The van der Waals surface area contributed by atoms with Crippen molar-refractivity contribution in [3.8, 4) is 11.4 Å². The normalized spacial score (nSPS) is 11.1. The van der Waals surface area contributed by atoms with Crippen molar-refractivity contribution in [2.75, 3.05) is 23.8 Å². The Morgan fingerprint density at radius 2 is 2.00 bits per heavy atom. The van der Waals surface area contributed by atoms with Crippen LogP contribution >= 0.6 is 0 Å². The van der Waals surface area contributed by atoms with E-state index in [1.807, 2.05) is 43.3 Å². The number of H-pyrrole nitrogens is 1. The summed E-state index contributed by atoms with van der Waals surface area (Å²) in [4.78, 5) is 11.7. The Morgan fingerprint density at radius 3 is 2.79 bits per heavy atom. The smallest absolute Gasteiger partial charge is 0.163 e. The van der Waals surface area contributed by atoms with Crippen molar-refractivity contribution in [1.29, 1.82) is 0 Å². The number of anilines is 3. The van der Waals surface area contributed by atoms with Gasteiger partial charge in [-0.05, 0) is 37.6 Å². The Kier molecular flexibility index (Phi) is 4.97. The van der Waals surface area contributed by atoms with Gasteiger partial charge in [0.05, 0.1) is 6.26 Å². The molecule has 0 aliphatic rings. The minimum absolute atomic E-state index is 0.665. The number of nitrogens with one attached hydrogen (secondary N) is 2. The quantitative estimate of drug-likeness (QED) is 0.477. The lowest BCUT2D eigenvalue weighted by Crippen LogP contribution is -2.20. The first kappa shape index (κ1) is 18.0. The maximum atomic E-state index is 5.45. The summed E-state index contributed by atoms with van der Waals surface area (Å²) in [7, 11) is 2.06. The van der Waals surface area contributed by atoms with E-state index < -0.39 is 0 Å². The van der Waals surface area contributed by atoms with Crippen LogP contribution in [0.15, 0.2) is 47.1 Å². The highest BCUT2D eigenvalue weighted by molar-refractivity contribution is 5.82. The molecular formula is C21H24N6O. The summed E-state index contributed by atoms with van der Waals surface area (Å²) in [5.41, 5.74) is 2.79. The fourth-order valence-corrected chi connectivity index (χ4v) is 3.05. The number of aromatic amines is 1. The monoisotopic (exact) mass is 376 g/mol. The highest BCUT2D eigenvalue weighted by Gasteiger charge is 2.12. The zero-order valence-corrected chi connectivity index (χ0v) is 16.4. The topological polar surface area (TPSA) is 82.9 Å². The lowest BCUT2D eigenvalue weighted by atomic mass is 10.1. The Balaban J connectivity index is 1.73. The van der Waals surface area contributed by atoms with E-state index in [4.69, 9.17) is 14.4 Å². The Labute approximate surface area is 163 Å². The van der Waals surface area contributed by atoms with E-state index in [9.17, 15) is 0 Å². The molecule has 0 saturated carbocycles. The second kappa shape index (κ2) is 7.72. The van der Waals surface area contributed by atoms with Crippen molar-refractivity contribution in [2.45, 2.75) is 26.7 Å². The Hall–Kier alpha value is -3.35. The number of furan rings is 1. The number of benzene rings is 1. The van der Waals surface area contributed by atoms with E-state index >= 15 is 0 Å². The maximum Gasteiger partial charge on any atom is 0.163 e. The molecule has 7 heteroatoms. The molecule has 0 atom stereocenters. The van der Waals surface area contributed by atoms with Gasteiger partial charge in [-0.25, -0.2) is 9.97 Å². The van der Waals surface area contributed by atoms with Crippen LogP contribution in [0.2, 0.25) is 0 Å². The minimum Gasteiger partial charge on any atom is -0.464 e. The number of aromatic nitrogens is 4. The molecule has 0 saturated heterocycles. The third-order valence-corrected chi connectivity index (χ3v) is 4.62. The van der Waals surface area contributed by atoms with Crippen LogP contribution in [0.4, 0.5) is 17.5 Å². The van der Waals surface area contributed by atoms with Crippen LogP contribution in [-0.4, -0.2) is 33.8 Å². The van der Waals surface area contributed by atoms with E-state index in [2.05, 4.69) is 34.4 Å². The molecule has 0 radical (unpaired) electrons. The molecule has 3 aromatic heterocycles. The summed E-state index contributed by atoms with van der Waals surface area (Å²) in [6.07, 6.45) is 3.94. The Bertz CT molecular complexity index is 1080. The third-order valence-electron chi connectivity index (χ3n) is 4.62. The van der Waals surface area contributed by atoms with Crippen molar-refractivity contribution in [3.05, 3.63) is 48.4 Å². The van der Waals surface area contributed by atoms with E-state index in [0.29, 0.717) is 11.6 Å². The molecule has 4 aromatic rings. The molecule has 2 N–H and O–H groups in total. The van der Waals surface area contributed by atoms with Gasteiger partial charge in [0.25, 0.3) is 0 Å². The van der Waals surface area contributed by atoms with E-state index in [1.165, 1.54) is 0 Å². The number of nitrogens with zero attached hydrogens (tertiary/aromatic N) is 4. The van der Waals surface area contributed by atoms with Gasteiger partial charge >= 0.3 is 0 Å². The molecule has 1 aromatic carbocycles. The molecule has 28 heavy (non-hydrogen) atoms. The van der Waals surface area contributed by atoms with Gasteiger partial charge < -0.3 is 14.6 Å². The van der Waals surface area contributed by atoms with Gasteiger partial charge in [0.15, 0.2) is 11.6 Å². The van der Waals surface area contributed by atoms with Gasteiger partial charge in [-0.2, -0.15) is 5.10 Å². The van der Waals surface area contributed by atoms with Crippen LogP contribution in [0.25, 0.3) is 22.4 Å². The average molecular weight is 376 g/mol. The summed E-state index contributed by atoms with van der Waals surface area (Å²) in [5.74, 6) is 2.98. The van der Waals surface area contributed by atoms with E-state index in [0.717, 1.165) is 53.2 Å². The summed E-state index contributed by atoms with van der Waals surface area (Å²) in [6, 6.07) is 11.8. The van der Waals surface area contributed by atoms with Crippen molar-refractivity contribution in [2.24, 2.45) is 0 Å². The first-order valence-electron chi connectivity index (χ1n) is 9.49. The zero-order valence-electron chi connectivity index (χ0n) is 16.4. The highest BCUT2D eigenvalue weighted by atomic mass is 16.3.